The Kier molecular flexibility index (Phi) is 3.53. The number of rotatable bonds is 2. The zero-order valence-electron chi connectivity index (χ0n) is 9.47. The highest BCUT2D eigenvalue weighted by molar-refractivity contribution is 5.81. The topological polar surface area (TPSA) is 55.1 Å². The van der Waals surface area contributed by atoms with E-state index in [1.807, 2.05) is 0 Å². The molecular weight excluding hydrogens is 176 g/mol. The summed E-state index contributed by atoms with van der Waals surface area (Å²) in [4.78, 5) is 11.4. The molecule has 0 spiro atoms. The van der Waals surface area contributed by atoms with Crippen LogP contribution in [0.5, 0.6) is 0 Å². The molecule has 0 heterocycles. The lowest BCUT2D eigenvalue weighted by molar-refractivity contribution is -0.123. The van der Waals surface area contributed by atoms with E-state index in [9.17, 15) is 4.79 Å². The fourth-order valence-corrected chi connectivity index (χ4v) is 2.15. The van der Waals surface area contributed by atoms with Gasteiger partial charge in [-0.3, -0.25) is 4.79 Å². The van der Waals surface area contributed by atoms with E-state index in [1.54, 1.807) is 6.92 Å². The zero-order valence-corrected chi connectivity index (χ0v) is 9.47. The average molecular weight is 198 g/mol. The Morgan fingerprint density at radius 3 is 2.71 bits per heavy atom. The van der Waals surface area contributed by atoms with Crippen molar-refractivity contribution < 1.29 is 4.79 Å². The van der Waals surface area contributed by atoms with Crippen LogP contribution in [0.1, 0.15) is 46.5 Å². The fourth-order valence-electron chi connectivity index (χ4n) is 2.15. The van der Waals surface area contributed by atoms with Gasteiger partial charge in [-0.2, -0.15) is 0 Å². The van der Waals surface area contributed by atoms with Crippen molar-refractivity contribution in [3.8, 4) is 0 Å². The number of nitrogens with two attached hydrogens (primary N) is 1. The molecule has 14 heavy (non-hydrogen) atoms. The van der Waals surface area contributed by atoms with E-state index in [0.29, 0.717) is 11.5 Å². The highest BCUT2D eigenvalue weighted by atomic mass is 16.2. The van der Waals surface area contributed by atoms with Crippen LogP contribution in [-0.4, -0.2) is 18.0 Å². The largest absolute Gasteiger partial charge is 0.352 e. The predicted octanol–water partition coefficient (Wildman–Crippen LogP) is 1.42. The fraction of sp³-hybridized carbons (Fsp3) is 0.909. The van der Waals surface area contributed by atoms with Crippen molar-refractivity contribution in [3.63, 3.8) is 0 Å². The van der Waals surface area contributed by atoms with Gasteiger partial charge in [0.1, 0.15) is 0 Å². The van der Waals surface area contributed by atoms with Gasteiger partial charge < -0.3 is 11.1 Å². The summed E-state index contributed by atoms with van der Waals surface area (Å²) in [6, 6.07) is -0.0581. The summed E-state index contributed by atoms with van der Waals surface area (Å²) in [6.45, 7) is 6.25. The molecule has 3 heteroatoms. The van der Waals surface area contributed by atoms with Crippen LogP contribution in [0, 0.1) is 5.41 Å². The SMILES string of the molecule is CC(N)C(=O)NC1CCCC(C)(C)C1. The Morgan fingerprint density at radius 2 is 2.21 bits per heavy atom. The van der Waals surface area contributed by atoms with Crippen molar-refractivity contribution in [1.82, 2.24) is 5.32 Å². The van der Waals surface area contributed by atoms with Crippen LogP contribution in [-0.2, 0) is 4.79 Å². The number of hydrogen-bond acceptors (Lipinski definition) is 2. The Morgan fingerprint density at radius 1 is 1.57 bits per heavy atom. The Labute approximate surface area is 86.4 Å². The summed E-state index contributed by atoms with van der Waals surface area (Å²) in [6.07, 6.45) is 4.64. The normalized spacial score (nSPS) is 28.1. The summed E-state index contributed by atoms with van der Waals surface area (Å²) in [5.41, 5.74) is 5.88. The Balaban J connectivity index is 2.42. The molecule has 82 valence electrons. The van der Waals surface area contributed by atoms with Crippen LogP contribution in [0.4, 0.5) is 0 Å². The van der Waals surface area contributed by atoms with Gasteiger partial charge in [0.2, 0.25) is 5.91 Å². The van der Waals surface area contributed by atoms with Crippen molar-refractivity contribution in [1.29, 1.82) is 0 Å². The monoisotopic (exact) mass is 198 g/mol. The summed E-state index contributed by atoms with van der Waals surface area (Å²) in [5.74, 6) is -0.0206. The number of amides is 1. The molecule has 3 nitrogen and oxygen atoms in total. The van der Waals surface area contributed by atoms with E-state index in [2.05, 4.69) is 19.2 Å². The van der Waals surface area contributed by atoms with Crippen LogP contribution in [0.15, 0.2) is 0 Å². The minimum absolute atomic E-state index is 0.0206. The molecule has 3 N–H and O–H groups in total. The number of carbonyl (C=O) groups excluding carboxylic acids is 1. The van der Waals surface area contributed by atoms with Crippen LogP contribution in [0.2, 0.25) is 0 Å². The third kappa shape index (κ3) is 3.29. The summed E-state index contributed by atoms with van der Waals surface area (Å²) in [5, 5.41) is 3.01. The first-order chi connectivity index (χ1) is 6.41. The standard InChI is InChI=1S/C11H22N2O/c1-8(12)10(14)13-9-5-4-6-11(2,3)7-9/h8-9H,4-7,12H2,1-3H3,(H,13,14). The molecular formula is C11H22N2O. The second kappa shape index (κ2) is 4.30. The number of nitrogens with one attached hydrogen (secondary N) is 1. The molecule has 0 saturated heterocycles. The quantitative estimate of drug-likeness (QED) is 0.705. The first-order valence-corrected chi connectivity index (χ1v) is 5.47. The van der Waals surface area contributed by atoms with Gasteiger partial charge in [-0.1, -0.05) is 20.3 Å². The van der Waals surface area contributed by atoms with Crippen molar-refractivity contribution in [2.75, 3.05) is 0 Å². The molecule has 1 rings (SSSR count). The minimum atomic E-state index is -0.389. The van der Waals surface area contributed by atoms with E-state index >= 15 is 0 Å². The van der Waals surface area contributed by atoms with Gasteiger partial charge in [-0.25, -0.2) is 0 Å². The average Bonchev–Trinajstić information content (AvgIpc) is 2.01. The van der Waals surface area contributed by atoms with E-state index in [1.165, 1.54) is 12.8 Å². The summed E-state index contributed by atoms with van der Waals surface area (Å²) < 4.78 is 0. The van der Waals surface area contributed by atoms with E-state index < -0.39 is 0 Å². The highest BCUT2D eigenvalue weighted by Crippen LogP contribution is 2.34. The van der Waals surface area contributed by atoms with Gasteiger partial charge >= 0.3 is 0 Å². The second-order valence-electron chi connectivity index (χ2n) is 5.25. The maximum absolute atomic E-state index is 11.4. The van der Waals surface area contributed by atoms with Crippen molar-refractivity contribution in [2.24, 2.45) is 11.1 Å². The third-order valence-corrected chi connectivity index (χ3v) is 2.97. The van der Waals surface area contributed by atoms with Crippen LogP contribution < -0.4 is 11.1 Å². The first kappa shape index (κ1) is 11.5. The van der Waals surface area contributed by atoms with E-state index in [0.717, 1.165) is 12.8 Å². The minimum Gasteiger partial charge on any atom is -0.352 e. The maximum atomic E-state index is 11.4. The molecule has 1 saturated carbocycles. The molecule has 0 aromatic heterocycles. The number of hydrogen-bond donors (Lipinski definition) is 2. The maximum Gasteiger partial charge on any atom is 0.236 e. The van der Waals surface area contributed by atoms with Crippen molar-refractivity contribution in [3.05, 3.63) is 0 Å². The zero-order chi connectivity index (χ0) is 10.8. The molecule has 1 aliphatic carbocycles. The van der Waals surface area contributed by atoms with E-state index in [4.69, 9.17) is 5.73 Å². The highest BCUT2D eigenvalue weighted by Gasteiger charge is 2.28. The lowest BCUT2D eigenvalue weighted by Crippen LogP contribution is -2.46. The number of carbonyl (C=O) groups is 1. The van der Waals surface area contributed by atoms with Gasteiger partial charge in [-0.05, 0) is 31.6 Å². The molecule has 0 aromatic rings. The van der Waals surface area contributed by atoms with Crippen molar-refractivity contribution >= 4 is 5.91 Å². The van der Waals surface area contributed by atoms with E-state index in [-0.39, 0.29) is 11.9 Å². The Bertz CT molecular complexity index is 211. The smallest absolute Gasteiger partial charge is 0.236 e. The molecule has 0 aromatic carbocycles. The van der Waals surface area contributed by atoms with Gasteiger partial charge in [0.15, 0.2) is 0 Å². The molecule has 2 atom stereocenters. The molecule has 0 aliphatic heterocycles. The lowest BCUT2D eigenvalue weighted by atomic mass is 9.75. The van der Waals surface area contributed by atoms with Gasteiger partial charge in [0.25, 0.3) is 0 Å². The molecule has 1 amide bonds. The predicted molar refractivity (Wildman–Crippen MR) is 57.8 cm³/mol. The molecule has 0 radical (unpaired) electrons. The van der Waals surface area contributed by atoms with Gasteiger partial charge in [-0.15, -0.1) is 0 Å². The summed E-state index contributed by atoms with van der Waals surface area (Å²) >= 11 is 0. The molecule has 0 bridgehead atoms. The second-order valence-corrected chi connectivity index (χ2v) is 5.25. The van der Waals surface area contributed by atoms with Crippen LogP contribution in [0.3, 0.4) is 0 Å². The van der Waals surface area contributed by atoms with Crippen LogP contribution >= 0.6 is 0 Å². The van der Waals surface area contributed by atoms with Gasteiger partial charge in [0.05, 0.1) is 6.04 Å². The summed E-state index contributed by atoms with van der Waals surface area (Å²) in [7, 11) is 0. The lowest BCUT2D eigenvalue weighted by Gasteiger charge is -2.35. The molecule has 1 aliphatic rings. The van der Waals surface area contributed by atoms with Gasteiger partial charge in [0, 0.05) is 6.04 Å². The Hall–Kier alpha value is -0.570. The third-order valence-electron chi connectivity index (χ3n) is 2.97. The van der Waals surface area contributed by atoms with Crippen molar-refractivity contribution in [2.45, 2.75) is 58.5 Å². The van der Waals surface area contributed by atoms with Crippen LogP contribution in [0.25, 0.3) is 0 Å². The molecule has 1 fully saturated rings. The molecule has 2 unspecified atom stereocenters. The first-order valence-electron chi connectivity index (χ1n) is 5.47.